The van der Waals surface area contributed by atoms with Gasteiger partial charge in [0.25, 0.3) is 0 Å². The predicted molar refractivity (Wildman–Crippen MR) is 50.9 cm³/mol. The summed E-state index contributed by atoms with van der Waals surface area (Å²) in [4.78, 5) is 0. The summed E-state index contributed by atoms with van der Waals surface area (Å²) in [6, 6.07) is 7.25. The highest BCUT2D eigenvalue weighted by atomic mass is 19.1. The van der Waals surface area contributed by atoms with Gasteiger partial charge in [-0.25, -0.2) is 4.39 Å². The Morgan fingerprint density at radius 1 is 1.38 bits per heavy atom. The van der Waals surface area contributed by atoms with Crippen molar-refractivity contribution in [3.05, 3.63) is 35.6 Å². The lowest BCUT2D eigenvalue weighted by molar-refractivity contribution is 0.222. The van der Waals surface area contributed by atoms with Gasteiger partial charge in [0.2, 0.25) is 0 Å². The maximum atomic E-state index is 13.3. The fourth-order valence-corrected chi connectivity index (χ4v) is 2.01. The zero-order valence-corrected chi connectivity index (χ0v) is 7.70. The largest absolute Gasteiger partial charge is 0.327 e. The molecule has 2 rings (SSSR count). The summed E-state index contributed by atoms with van der Waals surface area (Å²) in [5.74, 6) is 0.652. The lowest BCUT2D eigenvalue weighted by atomic mass is 9.67. The Labute approximate surface area is 77.8 Å². The number of halogens is 1. The van der Waals surface area contributed by atoms with Crippen LogP contribution in [0.4, 0.5) is 4.39 Å². The first-order valence-corrected chi connectivity index (χ1v) is 4.70. The zero-order chi connectivity index (χ0) is 9.42. The number of benzene rings is 1. The van der Waals surface area contributed by atoms with E-state index in [1.165, 1.54) is 6.07 Å². The predicted octanol–water partition coefficient (Wildman–Crippen LogP) is 2.28. The van der Waals surface area contributed by atoms with Crippen molar-refractivity contribution < 1.29 is 4.39 Å². The molecule has 0 saturated heterocycles. The van der Waals surface area contributed by atoms with Crippen LogP contribution in [-0.2, 0) is 0 Å². The highest BCUT2D eigenvalue weighted by Crippen LogP contribution is 2.41. The molecule has 3 unspecified atom stereocenters. The van der Waals surface area contributed by atoms with E-state index in [9.17, 15) is 4.39 Å². The van der Waals surface area contributed by atoms with Crippen LogP contribution in [0.15, 0.2) is 24.3 Å². The van der Waals surface area contributed by atoms with E-state index in [1.807, 2.05) is 12.1 Å². The van der Waals surface area contributed by atoms with Crippen molar-refractivity contribution in [2.45, 2.75) is 25.3 Å². The second-order valence-corrected chi connectivity index (χ2v) is 3.89. The van der Waals surface area contributed by atoms with Crippen LogP contribution in [0, 0.1) is 11.7 Å². The van der Waals surface area contributed by atoms with E-state index in [0.29, 0.717) is 11.8 Å². The van der Waals surface area contributed by atoms with Gasteiger partial charge in [-0.2, -0.15) is 0 Å². The molecule has 13 heavy (non-hydrogen) atoms. The molecule has 0 radical (unpaired) electrons. The minimum Gasteiger partial charge on any atom is -0.327 e. The highest BCUT2D eigenvalue weighted by Gasteiger charge is 2.37. The first kappa shape index (κ1) is 8.70. The van der Waals surface area contributed by atoms with Crippen molar-refractivity contribution in [2.24, 2.45) is 11.7 Å². The normalized spacial score (nSPS) is 32.7. The lowest BCUT2D eigenvalue weighted by Gasteiger charge is -2.40. The molecular formula is C11H14FN. The van der Waals surface area contributed by atoms with E-state index in [-0.39, 0.29) is 11.9 Å². The maximum absolute atomic E-state index is 13.3. The molecule has 0 aromatic heterocycles. The Balaban J connectivity index is 2.23. The number of hydrogen-bond acceptors (Lipinski definition) is 1. The van der Waals surface area contributed by atoms with Crippen LogP contribution in [-0.4, -0.2) is 6.04 Å². The van der Waals surface area contributed by atoms with Gasteiger partial charge in [-0.1, -0.05) is 25.1 Å². The Kier molecular flexibility index (Phi) is 2.08. The van der Waals surface area contributed by atoms with Crippen LogP contribution < -0.4 is 5.73 Å². The molecule has 1 aromatic carbocycles. The molecule has 3 atom stereocenters. The van der Waals surface area contributed by atoms with Gasteiger partial charge in [-0.3, -0.25) is 0 Å². The van der Waals surface area contributed by atoms with Gasteiger partial charge < -0.3 is 5.73 Å². The monoisotopic (exact) mass is 179 g/mol. The van der Waals surface area contributed by atoms with Crippen LogP contribution in [0.2, 0.25) is 0 Å². The second-order valence-electron chi connectivity index (χ2n) is 3.89. The SMILES string of the molecule is CC1C(N)CC1c1ccccc1F. The van der Waals surface area contributed by atoms with Crippen molar-refractivity contribution in [2.75, 3.05) is 0 Å². The molecule has 0 spiro atoms. The van der Waals surface area contributed by atoms with E-state index in [4.69, 9.17) is 5.73 Å². The summed E-state index contributed by atoms with van der Waals surface area (Å²) in [6.07, 6.45) is 0.919. The van der Waals surface area contributed by atoms with Crippen LogP contribution in [0.3, 0.4) is 0 Å². The molecule has 70 valence electrons. The molecule has 0 heterocycles. The fraction of sp³-hybridized carbons (Fsp3) is 0.455. The van der Waals surface area contributed by atoms with Gasteiger partial charge in [0.05, 0.1) is 0 Å². The van der Waals surface area contributed by atoms with Crippen molar-refractivity contribution >= 4 is 0 Å². The van der Waals surface area contributed by atoms with Gasteiger partial charge in [0, 0.05) is 6.04 Å². The van der Waals surface area contributed by atoms with Gasteiger partial charge in [0.15, 0.2) is 0 Å². The van der Waals surface area contributed by atoms with Gasteiger partial charge in [-0.15, -0.1) is 0 Å². The lowest BCUT2D eigenvalue weighted by Crippen LogP contribution is -2.44. The van der Waals surface area contributed by atoms with Crippen LogP contribution >= 0.6 is 0 Å². The zero-order valence-electron chi connectivity index (χ0n) is 7.70. The van der Waals surface area contributed by atoms with Crippen molar-refractivity contribution in [1.29, 1.82) is 0 Å². The third-order valence-electron chi connectivity index (χ3n) is 3.14. The smallest absolute Gasteiger partial charge is 0.126 e. The molecule has 1 fully saturated rings. The minimum atomic E-state index is -0.0914. The summed E-state index contributed by atoms with van der Waals surface area (Å²) in [5, 5.41) is 0. The third kappa shape index (κ3) is 1.35. The Morgan fingerprint density at radius 2 is 2.08 bits per heavy atom. The fourth-order valence-electron chi connectivity index (χ4n) is 2.01. The number of hydrogen-bond donors (Lipinski definition) is 1. The first-order valence-electron chi connectivity index (χ1n) is 4.70. The first-order chi connectivity index (χ1) is 6.20. The minimum absolute atomic E-state index is 0.0914. The molecular weight excluding hydrogens is 165 g/mol. The Bertz CT molecular complexity index is 311. The second kappa shape index (κ2) is 3.11. The van der Waals surface area contributed by atoms with E-state index < -0.39 is 0 Å². The molecule has 1 saturated carbocycles. The number of nitrogens with two attached hydrogens (primary N) is 1. The molecule has 0 aliphatic heterocycles. The van der Waals surface area contributed by atoms with E-state index in [0.717, 1.165) is 12.0 Å². The molecule has 1 aliphatic carbocycles. The molecule has 1 aromatic rings. The van der Waals surface area contributed by atoms with Crippen LogP contribution in [0.1, 0.15) is 24.8 Å². The highest BCUT2D eigenvalue weighted by molar-refractivity contribution is 5.25. The number of rotatable bonds is 1. The summed E-state index contributed by atoms with van der Waals surface area (Å²) in [5.41, 5.74) is 6.61. The van der Waals surface area contributed by atoms with Crippen LogP contribution in [0.25, 0.3) is 0 Å². The van der Waals surface area contributed by atoms with E-state index >= 15 is 0 Å². The van der Waals surface area contributed by atoms with Crippen LogP contribution in [0.5, 0.6) is 0 Å². The summed E-state index contributed by atoms with van der Waals surface area (Å²) >= 11 is 0. The van der Waals surface area contributed by atoms with E-state index in [1.54, 1.807) is 6.07 Å². The average Bonchev–Trinajstić information content (AvgIpc) is 2.15. The standard InChI is InChI=1S/C11H14FN/c1-7-9(6-11(7)13)8-4-2-3-5-10(8)12/h2-5,7,9,11H,6,13H2,1H3. The Morgan fingerprint density at radius 3 is 2.62 bits per heavy atom. The maximum Gasteiger partial charge on any atom is 0.126 e. The summed E-state index contributed by atoms with van der Waals surface area (Å²) < 4.78 is 13.3. The molecule has 0 amide bonds. The average molecular weight is 179 g/mol. The van der Waals surface area contributed by atoms with Gasteiger partial charge in [-0.05, 0) is 29.9 Å². The molecule has 2 N–H and O–H groups in total. The summed E-state index contributed by atoms with van der Waals surface area (Å²) in [6.45, 7) is 2.09. The molecule has 1 nitrogen and oxygen atoms in total. The third-order valence-corrected chi connectivity index (χ3v) is 3.14. The van der Waals surface area contributed by atoms with Gasteiger partial charge >= 0.3 is 0 Å². The van der Waals surface area contributed by atoms with Gasteiger partial charge in [0.1, 0.15) is 5.82 Å². The quantitative estimate of drug-likeness (QED) is 0.703. The summed E-state index contributed by atoms with van der Waals surface area (Å²) in [7, 11) is 0. The molecule has 1 aliphatic rings. The molecule has 2 heteroatoms. The van der Waals surface area contributed by atoms with Crippen molar-refractivity contribution in [3.63, 3.8) is 0 Å². The Hall–Kier alpha value is -0.890. The van der Waals surface area contributed by atoms with E-state index in [2.05, 4.69) is 6.92 Å². The van der Waals surface area contributed by atoms with Crippen molar-refractivity contribution in [1.82, 2.24) is 0 Å². The van der Waals surface area contributed by atoms with Crippen molar-refractivity contribution in [3.8, 4) is 0 Å². The molecule has 0 bridgehead atoms. The topological polar surface area (TPSA) is 26.0 Å².